The summed E-state index contributed by atoms with van der Waals surface area (Å²) in [6, 6.07) is 3.48. The maximum absolute atomic E-state index is 11.2. The molecule has 0 spiro atoms. The molecule has 1 atom stereocenters. The van der Waals surface area contributed by atoms with Crippen LogP contribution in [0.2, 0.25) is 0 Å². The van der Waals surface area contributed by atoms with Crippen LogP contribution in [-0.4, -0.2) is 0 Å². The van der Waals surface area contributed by atoms with Crippen LogP contribution in [0.3, 0.4) is 0 Å². The molecule has 1 aromatic heterocycles. The molecule has 0 aliphatic rings. The van der Waals surface area contributed by atoms with E-state index in [1.54, 1.807) is 0 Å². The monoisotopic (exact) mass is 222 g/mol. The lowest BCUT2D eigenvalue weighted by Crippen LogP contribution is -2.13. The topological polar surface area (TPSA) is 30.2 Å². The first kappa shape index (κ1) is 13.0. The van der Waals surface area contributed by atoms with Gasteiger partial charge in [0, 0.05) is 12.5 Å². The van der Waals surface area contributed by atoms with Crippen LogP contribution in [0.15, 0.2) is 21.3 Å². The quantitative estimate of drug-likeness (QED) is 0.782. The van der Waals surface area contributed by atoms with Gasteiger partial charge in [0.2, 0.25) is 0 Å². The van der Waals surface area contributed by atoms with Crippen LogP contribution < -0.4 is 5.63 Å². The first-order valence-electron chi connectivity index (χ1n) is 5.87. The summed E-state index contributed by atoms with van der Waals surface area (Å²) in [5.74, 6) is 1.34. The van der Waals surface area contributed by atoms with E-state index in [-0.39, 0.29) is 5.63 Å². The zero-order valence-corrected chi connectivity index (χ0v) is 11.0. The van der Waals surface area contributed by atoms with E-state index >= 15 is 0 Å². The van der Waals surface area contributed by atoms with Gasteiger partial charge in [-0.25, -0.2) is 4.79 Å². The van der Waals surface area contributed by atoms with Crippen LogP contribution in [0.1, 0.15) is 45.4 Å². The molecule has 2 heteroatoms. The van der Waals surface area contributed by atoms with Crippen LogP contribution in [0.25, 0.3) is 0 Å². The summed E-state index contributed by atoms with van der Waals surface area (Å²) in [5.41, 5.74) is 1.07. The van der Waals surface area contributed by atoms with Gasteiger partial charge in [-0.3, -0.25) is 0 Å². The van der Waals surface area contributed by atoms with Crippen molar-refractivity contribution in [1.82, 2.24) is 0 Å². The van der Waals surface area contributed by atoms with Crippen molar-refractivity contribution in [2.45, 2.75) is 47.5 Å². The number of hydrogen-bond donors (Lipinski definition) is 0. The van der Waals surface area contributed by atoms with Crippen molar-refractivity contribution in [3.05, 3.63) is 33.9 Å². The molecular weight excluding hydrogens is 200 g/mol. The SMILES string of the molecule is Cc1cc(CC(C)CC(C)(C)C)oc(=O)c1. The second-order valence-electron chi connectivity index (χ2n) is 5.99. The predicted octanol–water partition coefficient (Wildman–Crippen LogP) is 3.56. The van der Waals surface area contributed by atoms with Gasteiger partial charge >= 0.3 is 5.63 Å². The van der Waals surface area contributed by atoms with Crippen molar-refractivity contribution in [3.63, 3.8) is 0 Å². The fourth-order valence-corrected chi connectivity index (χ4v) is 2.23. The Morgan fingerprint density at radius 1 is 1.31 bits per heavy atom. The zero-order chi connectivity index (χ0) is 12.3. The molecule has 0 radical (unpaired) electrons. The average Bonchev–Trinajstić information content (AvgIpc) is 1.96. The third-order valence-electron chi connectivity index (χ3n) is 2.48. The Morgan fingerprint density at radius 2 is 1.94 bits per heavy atom. The predicted molar refractivity (Wildman–Crippen MR) is 66.7 cm³/mol. The molecular formula is C14H22O2. The van der Waals surface area contributed by atoms with Crippen molar-refractivity contribution >= 4 is 0 Å². The maximum Gasteiger partial charge on any atom is 0.336 e. The van der Waals surface area contributed by atoms with E-state index in [1.807, 2.05) is 13.0 Å². The molecule has 0 bridgehead atoms. The minimum absolute atomic E-state index is 0.238. The molecule has 1 unspecified atom stereocenters. The van der Waals surface area contributed by atoms with Crippen LogP contribution >= 0.6 is 0 Å². The van der Waals surface area contributed by atoms with Crippen LogP contribution in [-0.2, 0) is 6.42 Å². The molecule has 0 aliphatic heterocycles. The summed E-state index contributed by atoms with van der Waals surface area (Å²) < 4.78 is 5.19. The van der Waals surface area contributed by atoms with E-state index < -0.39 is 0 Å². The Hall–Kier alpha value is -1.05. The summed E-state index contributed by atoms with van der Waals surface area (Å²) in [5, 5.41) is 0. The third-order valence-corrected chi connectivity index (χ3v) is 2.48. The number of hydrogen-bond acceptors (Lipinski definition) is 2. The highest BCUT2D eigenvalue weighted by Crippen LogP contribution is 2.26. The Bertz CT molecular complexity index is 396. The lowest BCUT2D eigenvalue weighted by Gasteiger charge is -2.22. The first-order valence-corrected chi connectivity index (χ1v) is 5.87. The van der Waals surface area contributed by atoms with E-state index in [0.717, 1.165) is 24.2 Å². The molecule has 0 fully saturated rings. The highest BCUT2D eigenvalue weighted by atomic mass is 16.4. The van der Waals surface area contributed by atoms with E-state index in [2.05, 4.69) is 27.7 Å². The van der Waals surface area contributed by atoms with Crippen LogP contribution in [0.5, 0.6) is 0 Å². The van der Waals surface area contributed by atoms with Crippen LogP contribution in [0, 0.1) is 18.3 Å². The summed E-state index contributed by atoms with van der Waals surface area (Å²) in [4.78, 5) is 11.2. The van der Waals surface area contributed by atoms with Gasteiger partial charge in [0.05, 0.1) is 0 Å². The lowest BCUT2D eigenvalue weighted by atomic mass is 9.84. The Labute approximate surface area is 97.7 Å². The molecule has 2 nitrogen and oxygen atoms in total. The summed E-state index contributed by atoms with van der Waals surface area (Å²) in [6.45, 7) is 10.8. The molecule has 1 heterocycles. The van der Waals surface area contributed by atoms with Gasteiger partial charge in [-0.2, -0.15) is 0 Å². The van der Waals surface area contributed by atoms with E-state index in [9.17, 15) is 4.79 Å². The largest absolute Gasteiger partial charge is 0.428 e. The molecule has 16 heavy (non-hydrogen) atoms. The molecule has 90 valence electrons. The summed E-state index contributed by atoms with van der Waals surface area (Å²) in [7, 11) is 0. The summed E-state index contributed by atoms with van der Waals surface area (Å²) in [6.07, 6.45) is 1.97. The minimum atomic E-state index is -0.238. The second kappa shape index (κ2) is 4.86. The molecule has 0 amide bonds. The van der Waals surface area contributed by atoms with E-state index in [1.165, 1.54) is 6.07 Å². The Kier molecular flexibility index (Phi) is 3.95. The van der Waals surface area contributed by atoms with Gasteiger partial charge < -0.3 is 4.42 Å². The Balaban J connectivity index is 2.70. The number of aryl methyl sites for hydroxylation is 1. The molecule has 0 saturated carbocycles. The normalized spacial score (nSPS) is 13.8. The van der Waals surface area contributed by atoms with Gasteiger partial charge in [-0.1, -0.05) is 27.7 Å². The molecule has 1 rings (SSSR count). The maximum atomic E-state index is 11.2. The van der Waals surface area contributed by atoms with Crippen molar-refractivity contribution < 1.29 is 4.42 Å². The van der Waals surface area contributed by atoms with Crippen molar-refractivity contribution in [2.24, 2.45) is 11.3 Å². The fourth-order valence-electron chi connectivity index (χ4n) is 2.23. The number of rotatable bonds is 3. The van der Waals surface area contributed by atoms with E-state index in [0.29, 0.717) is 11.3 Å². The fraction of sp³-hybridized carbons (Fsp3) is 0.643. The molecule has 0 N–H and O–H groups in total. The molecule has 0 saturated heterocycles. The standard InChI is InChI=1S/C14H22O2/c1-10-6-12(16-13(15)8-10)7-11(2)9-14(3,4)5/h6,8,11H,7,9H2,1-5H3. The van der Waals surface area contributed by atoms with E-state index in [4.69, 9.17) is 4.42 Å². The average molecular weight is 222 g/mol. The molecule has 1 aromatic rings. The molecule has 0 aromatic carbocycles. The van der Waals surface area contributed by atoms with Gasteiger partial charge in [-0.15, -0.1) is 0 Å². The van der Waals surface area contributed by atoms with Crippen molar-refractivity contribution in [3.8, 4) is 0 Å². The van der Waals surface area contributed by atoms with Gasteiger partial charge in [0.15, 0.2) is 0 Å². The Morgan fingerprint density at radius 3 is 2.44 bits per heavy atom. The molecule has 0 aliphatic carbocycles. The van der Waals surface area contributed by atoms with Gasteiger partial charge in [0.1, 0.15) is 5.76 Å². The van der Waals surface area contributed by atoms with Crippen molar-refractivity contribution in [2.75, 3.05) is 0 Å². The highest BCUT2D eigenvalue weighted by Gasteiger charge is 2.16. The first-order chi connectivity index (χ1) is 7.26. The van der Waals surface area contributed by atoms with Crippen molar-refractivity contribution in [1.29, 1.82) is 0 Å². The highest BCUT2D eigenvalue weighted by molar-refractivity contribution is 5.11. The smallest absolute Gasteiger partial charge is 0.336 e. The van der Waals surface area contributed by atoms with Crippen LogP contribution in [0.4, 0.5) is 0 Å². The lowest BCUT2D eigenvalue weighted by molar-refractivity contribution is 0.292. The second-order valence-corrected chi connectivity index (χ2v) is 5.99. The third kappa shape index (κ3) is 4.65. The van der Waals surface area contributed by atoms with Gasteiger partial charge in [0.25, 0.3) is 0 Å². The summed E-state index contributed by atoms with van der Waals surface area (Å²) >= 11 is 0. The van der Waals surface area contributed by atoms with Gasteiger partial charge in [-0.05, 0) is 36.3 Å². The zero-order valence-electron chi connectivity index (χ0n) is 11.0. The minimum Gasteiger partial charge on any atom is -0.428 e.